The maximum absolute atomic E-state index is 5.40. The van der Waals surface area contributed by atoms with Crippen LogP contribution in [-0.4, -0.2) is 19.5 Å². The number of hydrogen-bond donors (Lipinski definition) is 0. The minimum absolute atomic E-state index is 0.693. The van der Waals surface area contributed by atoms with E-state index in [-0.39, 0.29) is 0 Å². The Morgan fingerprint density at radius 1 is 0.411 bits per heavy atom. The van der Waals surface area contributed by atoms with Gasteiger partial charge in [0.15, 0.2) is 5.82 Å². The van der Waals surface area contributed by atoms with Gasteiger partial charge in [0.05, 0.1) is 27.9 Å². The van der Waals surface area contributed by atoms with Crippen LogP contribution >= 0.6 is 11.3 Å². The lowest BCUT2D eigenvalue weighted by Crippen LogP contribution is -2.02. The smallest absolute Gasteiger partial charge is 0.162 e. The van der Waals surface area contributed by atoms with Gasteiger partial charge in [0.25, 0.3) is 0 Å². The lowest BCUT2D eigenvalue weighted by atomic mass is 9.98. The highest BCUT2D eigenvalue weighted by molar-refractivity contribution is 7.26. The van der Waals surface area contributed by atoms with Crippen molar-refractivity contribution in [3.8, 4) is 39.7 Å². The molecular formula is C51H30N4S. The summed E-state index contributed by atoms with van der Waals surface area (Å²) in [6.45, 7) is 0. The van der Waals surface area contributed by atoms with Crippen molar-refractivity contribution in [3.05, 3.63) is 182 Å². The number of para-hydroxylation sites is 2. The standard InChI is InChI=1S/C51H30N4S/c1-3-14-32(15-4-1)42-30-46(55-43-22-12-10-20-39(43)47-35-18-8-7-13-31(35)24-28-44(47)55)54-51(53-42)34-23-25-36-37-26-27-40-48(50(37)56-45(36)29-34)38-19-9-11-21-41(38)52-49(40)33-16-5-2-6-17-33/h1-30H. The van der Waals surface area contributed by atoms with Crippen LogP contribution in [-0.2, 0) is 0 Å². The van der Waals surface area contributed by atoms with Crippen LogP contribution in [0.15, 0.2) is 182 Å². The van der Waals surface area contributed by atoms with Gasteiger partial charge in [-0.3, -0.25) is 4.57 Å². The Morgan fingerprint density at radius 2 is 1.11 bits per heavy atom. The monoisotopic (exact) mass is 730 g/mol. The minimum Gasteiger partial charge on any atom is -0.294 e. The molecule has 56 heavy (non-hydrogen) atoms. The van der Waals surface area contributed by atoms with Crippen molar-refractivity contribution in [1.29, 1.82) is 0 Å². The first-order chi connectivity index (χ1) is 27.8. The first-order valence-corrected chi connectivity index (χ1v) is 19.7. The third kappa shape index (κ3) is 4.68. The number of fused-ring (bicyclic) bond motifs is 12. The second-order valence-corrected chi connectivity index (χ2v) is 15.4. The Kier molecular flexibility index (Phi) is 6.76. The number of hydrogen-bond acceptors (Lipinski definition) is 4. The Hall–Kier alpha value is -7.21. The molecule has 0 fully saturated rings. The maximum Gasteiger partial charge on any atom is 0.162 e. The summed E-state index contributed by atoms with van der Waals surface area (Å²) in [5.74, 6) is 1.53. The summed E-state index contributed by atoms with van der Waals surface area (Å²) in [6, 6.07) is 64.6. The van der Waals surface area contributed by atoms with E-state index in [2.05, 4.69) is 180 Å². The summed E-state index contributed by atoms with van der Waals surface area (Å²) in [5, 5.41) is 11.0. The molecule has 5 heteroatoms. The van der Waals surface area contributed by atoms with Crippen molar-refractivity contribution in [2.45, 2.75) is 0 Å². The predicted molar refractivity (Wildman–Crippen MR) is 236 cm³/mol. The fourth-order valence-corrected chi connectivity index (χ4v) is 9.95. The maximum atomic E-state index is 5.40. The van der Waals surface area contributed by atoms with Gasteiger partial charge in [-0.05, 0) is 35.0 Å². The average molecular weight is 731 g/mol. The Labute approximate surface area is 325 Å². The van der Waals surface area contributed by atoms with Crippen LogP contribution in [0.4, 0.5) is 0 Å². The molecule has 4 heterocycles. The molecular weight excluding hydrogens is 701 g/mol. The van der Waals surface area contributed by atoms with Crippen LogP contribution in [0.25, 0.3) is 114 Å². The quantitative estimate of drug-likeness (QED) is 0.169. The van der Waals surface area contributed by atoms with E-state index in [1.807, 2.05) is 17.4 Å². The summed E-state index contributed by atoms with van der Waals surface area (Å²) in [5.41, 5.74) is 8.28. The Balaban J connectivity index is 1.10. The van der Waals surface area contributed by atoms with Crippen LogP contribution in [0.2, 0.25) is 0 Å². The molecule has 4 aromatic heterocycles. The van der Waals surface area contributed by atoms with Gasteiger partial charge >= 0.3 is 0 Å². The normalized spacial score (nSPS) is 11.9. The van der Waals surface area contributed by atoms with Crippen LogP contribution in [0.5, 0.6) is 0 Å². The molecule has 12 aromatic rings. The molecule has 0 bridgehead atoms. The van der Waals surface area contributed by atoms with E-state index < -0.39 is 0 Å². The molecule has 260 valence electrons. The van der Waals surface area contributed by atoms with Gasteiger partial charge in [0.1, 0.15) is 5.82 Å². The van der Waals surface area contributed by atoms with Gasteiger partial charge < -0.3 is 0 Å². The summed E-state index contributed by atoms with van der Waals surface area (Å²) < 4.78 is 4.77. The molecule has 0 aliphatic carbocycles. The highest BCUT2D eigenvalue weighted by Gasteiger charge is 2.20. The zero-order valence-corrected chi connectivity index (χ0v) is 30.8. The van der Waals surface area contributed by atoms with Gasteiger partial charge in [-0.25, -0.2) is 15.0 Å². The van der Waals surface area contributed by atoms with Crippen molar-refractivity contribution in [1.82, 2.24) is 19.5 Å². The van der Waals surface area contributed by atoms with Crippen molar-refractivity contribution >= 4 is 85.8 Å². The largest absolute Gasteiger partial charge is 0.294 e. The highest BCUT2D eigenvalue weighted by Crippen LogP contribution is 2.44. The number of pyridine rings is 1. The predicted octanol–water partition coefficient (Wildman–Crippen LogP) is 13.8. The van der Waals surface area contributed by atoms with Crippen LogP contribution in [0.3, 0.4) is 0 Å². The third-order valence-corrected chi connectivity index (χ3v) is 12.4. The molecule has 0 aliphatic rings. The SMILES string of the molecule is c1ccc(-c2cc(-n3c4ccccc4c4c5ccccc5ccc43)nc(-c3ccc4c(c3)sc3c4ccc4c(-c5ccccc5)nc5ccccc5c43)n2)cc1. The molecule has 12 rings (SSSR count). The molecule has 0 amide bonds. The first kappa shape index (κ1) is 31.2. The Morgan fingerprint density at radius 3 is 1.96 bits per heavy atom. The van der Waals surface area contributed by atoms with E-state index >= 15 is 0 Å². The number of nitrogens with zero attached hydrogens (tertiary/aromatic N) is 4. The summed E-state index contributed by atoms with van der Waals surface area (Å²) >= 11 is 1.84. The van der Waals surface area contributed by atoms with E-state index in [1.165, 1.54) is 52.5 Å². The fourth-order valence-electron chi connectivity index (χ4n) is 8.64. The highest BCUT2D eigenvalue weighted by atomic mass is 32.1. The second kappa shape index (κ2) is 12.2. The van der Waals surface area contributed by atoms with Gasteiger partial charge in [-0.15, -0.1) is 11.3 Å². The molecule has 0 unspecified atom stereocenters. The lowest BCUT2D eigenvalue weighted by Gasteiger charge is -2.12. The van der Waals surface area contributed by atoms with E-state index in [1.54, 1.807) is 0 Å². The van der Waals surface area contributed by atoms with E-state index in [0.29, 0.717) is 5.82 Å². The van der Waals surface area contributed by atoms with Gasteiger partial charge in [0.2, 0.25) is 0 Å². The second-order valence-electron chi connectivity index (χ2n) is 14.4. The van der Waals surface area contributed by atoms with Gasteiger partial charge in [-0.1, -0.05) is 152 Å². The van der Waals surface area contributed by atoms with Crippen molar-refractivity contribution in [3.63, 3.8) is 0 Å². The fraction of sp³-hybridized carbons (Fsp3) is 0. The van der Waals surface area contributed by atoms with Gasteiger partial charge in [-0.2, -0.15) is 0 Å². The molecule has 0 aliphatic heterocycles. The molecule has 8 aromatic carbocycles. The topological polar surface area (TPSA) is 43.6 Å². The average Bonchev–Trinajstić information content (AvgIpc) is 3.82. The third-order valence-electron chi connectivity index (χ3n) is 11.2. The van der Waals surface area contributed by atoms with E-state index in [0.717, 1.165) is 55.8 Å². The number of rotatable bonds is 4. The van der Waals surface area contributed by atoms with Crippen LogP contribution in [0, 0.1) is 0 Å². The summed E-state index contributed by atoms with van der Waals surface area (Å²) in [6.07, 6.45) is 0. The molecule has 4 nitrogen and oxygen atoms in total. The molecule has 0 N–H and O–H groups in total. The summed E-state index contributed by atoms with van der Waals surface area (Å²) in [7, 11) is 0. The number of aromatic nitrogens is 4. The van der Waals surface area contributed by atoms with E-state index in [9.17, 15) is 0 Å². The number of thiophene rings is 1. The van der Waals surface area contributed by atoms with Crippen LogP contribution < -0.4 is 0 Å². The van der Waals surface area contributed by atoms with Crippen molar-refractivity contribution in [2.75, 3.05) is 0 Å². The summed E-state index contributed by atoms with van der Waals surface area (Å²) in [4.78, 5) is 15.8. The molecule has 0 saturated heterocycles. The zero-order valence-electron chi connectivity index (χ0n) is 30.0. The van der Waals surface area contributed by atoms with Crippen molar-refractivity contribution < 1.29 is 0 Å². The molecule has 0 spiro atoms. The lowest BCUT2D eigenvalue weighted by molar-refractivity contribution is 1.05. The molecule has 0 atom stereocenters. The van der Waals surface area contributed by atoms with E-state index in [4.69, 9.17) is 15.0 Å². The number of benzene rings is 8. The minimum atomic E-state index is 0.693. The molecule has 0 saturated carbocycles. The van der Waals surface area contributed by atoms with Gasteiger partial charge in [0, 0.05) is 69.9 Å². The first-order valence-electron chi connectivity index (χ1n) is 18.9. The van der Waals surface area contributed by atoms with Crippen LogP contribution in [0.1, 0.15) is 0 Å². The Bertz CT molecular complexity index is 3530. The zero-order chi connectivity index (χ0) is 36.7. The van der Waals surface area contributed by atoms with Crippen molar-refractivity contribution in [2.24, 2.45) is 0 Å². The molecule has 0 radical (unpaired) electrons.